The fourth-order valence-corrected chi connectivity index (χ4v) is 1.86. The second-order valence-corrected chi connectivity index (χ2v) is 3.40. The number of hydrogen-bond donors (Lipinski definition) is 0. The number of para-hydroxylation sites is 1. The molecule has 2 rings (SSSR count). The first-order valence-electron chi connectivity index (χ1n) is 4.88. The summed E-state index contributed by atoms with van der Waals surface area (Å²) in [6.45, 7) is 1.00. The van der Waals surface area contributed by atoms with Gasteiger partial charge in [0.2, 0.25) is 0 Å². The number of benzene rings is 1. The maximum Gasteiger partial charge on any atom is 0.144 e. The van der Waals surface area contributed by atoms with Crippen LogP contribution in [0.5, 0.6) is 0 Å². The van der Waals surface area contributed by atoms with Crippen LogP contribution < -0.4 is 4.90 Å². The summed E-state index contributed by atoms with van der Waals surface area (Å²) in [4.78, 5) is 12.4. The van der Waals surface area contributed by atoms with Gasteiger partial charge in [-0.1, -0.05) is 18.2 Å². The summed E-state index contributed by atoms with van der Waals surface area (Å²) in [6, 6.07) is 8.34. The SMILES string of the molecule is O=C/C=C/N1CCCc2ccccc21. The van der Waals surface area contributed by atoms with E-state index >= 15 is 0 Å². The number of aldehydes is 1. The van der Waals surface area contributed by atoms with Crippen LogP contribution in [0.2, 0.25) is 0 Å². The molecule has 0 spiro atoms. The number of rotatable bonds is 2. The largest absolute Gasteiger partial charge is 0.348 e. The molecule has 14 heavy (non-hydrogen) atoms. The van der Waals surface area contributed by atoms with Gasteiger partial charge in [-0.05, 0) is 30.5 Å². The van der Waals surface area contributed by atoms with E-state index in [-0.39, 0.29) is 0 Å². The highest BCUT2D eigenvalue weighted by molar-refractivity contribution is 5.67. The van der Waals surface area contributed by atoms with Gasteiger partial charge in [0.15, 0.2) is 0 Å². The molecule has 1 aliphatic heterocycles. The van der Waals surface area contributed by atoms with Crippen molar-refractivity contribution in [3.8, 4) is 0 Å². The predicted molar refractivity (Wildman–Crippen MR) is 57.3 cm³/mol. The van der Waals surface area contributed by atoms with Crippen LogP contribution in [0.15, 0.2) is 36.5 Å². The third-order valence-corrected chi connectivity index (χ3v) is 2.49. The molecule has 0 unspecified atom stereocenters. The number of nitrogens with zero attached hydrogens (tertiary/aromatic N) is 1. The zero-order valence-corrected chi connectivity index (χ0v) is 8.02. The molecule has 0 atom stereocenters. The highest BCUT2D eigenvalue weighted by Gasteiger charge is 2.13. The Morgan fingerprint density at radius 3 is 3.00 bits per heavy atom. The molecule has 1 aromatic rings. The zero-order valence-electron chi connectivity index (χ0n) is 8.02. The van der Waals surface area contributed by atoms with Crippen molar-refractivity contribution < 1.29 is 4.79 Å². The predicted octanol–water partition coefficient (Wildman–Crippen LogP) is 2.15. The van der Waals surface area contributed by atoms with E-state index in [1.807, 2.05) is 12.3 Å². The van der Waals surface area contributed by atoms with E-state index < -0.39 is 0 Å². The van der Waals surface area contributed by atoms with Crippen molar-refractivity contribution >= 4 is 12.0 Å². The molecule has 0 saturated heterocycles. The van der Waals surface area contributed by atoms with Gasteiger partial charge in [-0.3, -0.25) is 4.79 Å². The Hall–Kier alpha value is -1.57. The normalized spacial score (nSPS) is 15.6. The fourth-order valence-electron chi connectivity index (χ4n) is 1.86. The van der Waals surface area contributed by atoms with E-state index in [0.717, 1.165) is 25.7 Å². The molecule has 0 fully saturated rings. The summed E-state index contributed by atoms with van der Waals surface area (Å²) in [5, 5.41) is 0. The number of allylic oxidation sites excluding steroid dienone is 1. The molecule has 1 aliphatic rings. The molecule has 0 N–H and O–H groups in total. The van der Waals surface area contributed by atoms with Crippen LogP contribution in [-0.4, -0.2) is 12.8 Å². The van der Waals surface area contributed by atoms with Crippen LogP contribution in [0.3, 0.4) is 0 Å². The summed E-state index contributed by atoms with van der Waals surface area (Å²) in [7, 11) is 0. The van der Waals surface area contributed by atoms with Gasteiger partial charge in [0.25, 0.3) is 0 Å². The molecule has 2 nitrogen and oxygen atoms in total. The highest BCUT2D eigenvalue weighted by Crippen LogP contribution is 2.26. The lowest BCUT2D eigenvalue weighted by molar-refractivity contribution is -0.104. The molecule has 0 bridgehead atoms. The molecule has 0 radical (unpaired) electrons. The molecule has 0 aromatic heterocycles. The second kappa shape index (κ2) is 4.09. The molecule has 2 heteroatoms. The van der Waals surface area contributed by atoms with E-state index in [1.54, 1.807) is 6.08 Å². The second-order valence-electron chi connectivity index (χ2n) is 3.40. The number of fused-ring (bicyclic) bond motifs is 1. The van der Waals surface area contributed by atoms with Crippen LogP contribution >= 0.6 is 0 Å². The third-order valence-electron chi connectivity index (χ3n) is 2.49. The summed E-state index contributed by atoms with van der Waals surface area (Å²) >= 11 is 0. The Labute approximate surface area is 83.8 Å². The van der Waals surface area contributed by atoms with Crippen LogP contribution in [0, 0.1) is 0 Å². The van der Waals surface area contributed by atoms with E-state index in [9.17, 15) is 4.79 Å². The van der Waals surface area contributed by atoms with Gasteiger partial charge in [-0.15, -0.1) is 0 Å². The van der Waals surface area contributed by atoms with Crippen molar-refractivity contribution in [2.45, 2.75) is 12.8 Å². The van der Waals surface area contributed by atoms with Gasteiger partial charge in [-0.2, -0.15) is 0 Å². The average molecular weight is 187 g/mol. The monoisotopic (exact) mass is 187 g/mol. The van der Waals surface area contributed by atoms with E-state index in [4.69, 9.17) is 0 Å². The molecule has 0 amide bonds. The smallest absolute Gasteiger partial charge is 0.144 e. The summed E-state index contributed by atoms with van der Waals surface area (Å²) in [5.41, 5.74) is 2.60. The number of hydrogen-bond acceptors (Lipinski definition) is 2. The van der Waals surface area contributed by atoms with E-state index in [2.05, 4.69) is 23.1 Å². The molecule has 1 aromatic carbocycles. The molecule has 0 aliphatic carbocycles. The highest BCUT2D eigenvalue weighted by atomic mass is 16.1. The van der Waals surface area contributed by atoms with E-state index in [0.29, 0.717) is 0 Å². The molecule has 72 valence electrons. The minimum atomic E-state index is 0.817. The van der Waals surface area contributed by atoms with Crippen molar-refractivity contribution in [2.75, 3.05) is 11.4 Å². The quantitative estimate of drug-likeness (QED) is 0.522. The van der Waals surface area contributed by atoms with Gasteiger partial charge in [0.1, 0.15) is 6.29 Å². The lowest BCUT2D eigenvalue weighted by atomic mass is 10.0. The minimum Gasteiger partial charge on any atom is -0.348 e. The van der Waals surface area contributed by atoms with Crippen molar-refractivity contribution in [1.82, 2.24) is 0 Å². The lowest BCUT2D eigenvalue weighted by Gasteiger charge is -2.27. The Bertz CT molecular complexity index is 357. The van der Waals surface area contributed by atoms with Gasteiger partial charge < -0.3 is 4.90 Å². The van der Waals surface area contributed by atoms with E-state index in [1.165, 1.54) is 11.3 Å². The zero-order chi connectivity index (χ0) is 9.80. The average Bonchev–Trinajstić information content (AvgIpc) is 2.26. The Morgan fingerprint density at radius 1 is 1.29 bits per heavy atom. The van der Waals surface area contributed by atoms with Crippen LogP contribution in [-0.2, 0) is 11.2 Å². The summed E-state index contributed by atoms with van der Waals surface area (Å²) in [5.74, 6) is 0. The lowest BCUT2D eigenvalue weighted by Crippen LogP contribution is -2.23. The van der Waals surface area contributed by atoms with Crippen LogP contribution in [0.25, 0.3) is 0 Å². The van der Waals surface area contributed by atoms with Crippen molar-refractivity contribution in [1.29, 1.82) is 0 Å². The number of anilines is 1. The first kappa shape index (κ1) is 9.00. The van der Waals surface area contributed by atoms with Crippen molar-refractivity contribution in [2.24, 2.45) is 0 Å². The molecular weight excluding hydrogens is 174 g/mol. The molecule has 0 saturated carbocycles. The number of carbonyl (C=O) groups excluding carboxylic acids is 1. The van der Waals surface area contributed by atoms with Gasteiger partial charge in [0.05, 0.1) is 0 Å². The van der Waals surface area contributed by atoms with Crippen molar-refractivity contribution in [3.05, 3.63) is 42.1 Å². The topological polar surface area (TPSA) is 20.3 Å². The van der Waals surface area contributed by atoms with Gasteiger partial charge in [0, 0.05) is 18.4 Å². The molecular formula is C12H13NO. The summed E-state index contributed by atoms with van der Waals surface area (Å²) < 4.78 is 0. The van der Waals surface area contributed by atoms with Gasteiger partial charge in [-0.25, -0.2) is 0 Å². The number of aryl methyl sites for hydroxylation is 1. The van der Waals surface area contributed by atoms with Gasteiger partial charge >= 0.3 is 0 Å². The minimum absolute atomic E-state index is 0.817. The van der Waals surface area contributed by atoms with Crippen LogP contribution in [0.1, 0.15) is 12.0 Å². The fraction of sp³-hybridized carbons (Fsp3) is 0.250. The van der Waals surface area contributed by atoms with Crippen molar-refractivity contribution in [3.63, 3.8) is 0 Å². The maximum atomic E-state index is 10.2. The summed E-state index contributed by atoms with van der Waals surface area (Å²) in [6.07, 6.45) is 6.51. The first-order valence-corrected chi connectivity index (χ1v) is 4.88. The molecule has 1 heterocycles. The standard InChI is InChI=1S/C12H13NO/c14-10-4-9-13-8-3-6-11-5-1-2-7-12(11)13/h1-2,4-5,7,9-10H,3,6,8H2/b9-4+. The number of carbonyl (C=O) groups is 1. The Kier molecular flexibility index (Phi) is 2.63. The Balaban J connectivity index is 2.30. The third kappa shape index (κ3) is 1.69. The van der Waals surface area contributed by atoms with Crippen LogP contribution in [0.4, 0.5) is 5.69 Å². The maximum absolute atomic E-state index is 10.2. The Morgan fingerprint density at radius 2 is 2.14 bits per heavy atom. The first-order chi connectivity index (χ1) is 6.92.